The van der Waals surface area contributed by atoms with Crippen molar-refractivity contribution >= 4 is 6.08 Å². The molecular formula is C10H12O. The second-order valence-corrected chi connectivity index (χ2v) is 2.36. The van der Waals surface area contributed by atoms with Crippen LogP contribution in [0.4, 0.5) is 0 Å². The molecule has 0 unspecified atom stereocenters. The van der Waals surface area contributed by atoms with Crippen molar-refractivity contribution in [3.63, 3.8) is 0 Å². The van der Waals surface area contributed by atoms with Gasteiger partial charge in [0.1, 0.15) is 0 Å². The van der Waals surface area contributed by atoms with Crippen LogP contribution in [0.25, 0.3) is 6.08 Å². The molecule has 0 heterocycles. The Morgan fingerprint density at radius 3 is 2.73 bits per heavy atom. The van der Waals surface area contributed by atoms with Gasteiger partial charge in [0.15, 0.2) is 0 Å². The van der Waals surface area contributed by atoms with E-state index >= 15 is 0 Å². The lowest BCUT2D eigenvalue weighted by Crippen LogP contribution is -1.86. The van der Waals surface area contributed by atoms with Gasteiger partial charge in [0, 0.05) is 0 Å². The third kappa shape index (κ3) is 1.92. The van der Waals surface area contributed by atoms with E-state index in [-0.39, 0.29) is 6.61 Å². The predicted octanol–water partition coefficient (Wildman–Crippen LogP) is 2.21. The van der Waals surface area contributed by atoms with Crippen LogP contribution in [0, 0.1) is 0 Å². The zero-order chi connectivity index (χ0) is 8.10. The highest BCUT2D eigenvalue weighted by atomic mass is 16.3. The maximum Gasteiger partial charge on any atom is 0.0687 e. The summed E-state index contributed by atoms with van der Waals surface area (Å²) in [6, 6.07) is 7.81. The third-order valence-corrected chi connectivity index (χ3v) is 1.57. The van der Waals surface area contributed by atoms with Gasteiger partial charge in [-0.2, -0.15) is 0 Å². The fourth-order valence-corrected chi connectivity index (χ4v) is 1.02. The Bertz CT molecular complexity index is 251. The normalized spacial score (nSPS) is 10.7. The van der Waals surface area contributed by atoms with Gasteiger partial charge in [-0.05, 0) is 18.1 Å². The van der Waals surface area contributed by atoms with E-state index in [1.165, 1.54) is 0 Å². The Kier molecular flexibility index (Phi) is 2.87. The standard InChI is InChI=1S/C10H12O/c1-2-5-9-6-3-4-7-10(9)8-11/h2-7,11H,8H2,1H3/b5-2+. The molecule has 1 N–H and O–H groups in total. The van der Waals surface area contributed by atoms with Crippen molar-refractivity contribution in [1.29, 1.82) is 0 Å². The minimum atomic E-state index is 0.112. The Morgan fingerprint density at radius 2 is 2.09 bits per heavy atom. The molecule has 0 amide bonds. The van der Waals surface area contributed by atoms with Crippen molar-refractivity contribution in [2.45, 2.75) is 13.5 Å². The van der Waals surface area contributed by atoms with Crippen LogP contribution in [-0.2, 0) is 6.61 Å². The van der Waals surface area contributed by atoms with Crippen LogP contribution in [-0.4, -0.2) is 5.11 Å². The van der Waals surface area contributed by atoms with Crippen LogP contribution in [0.5, 0.6) is 0 Å². The number of rotatable bonds is 2. The van der Waals surface area contributed by atoms with Gasteiger partial charge >= 0.3 is 0 Å². The summed E-state index contributed by atoms with van der Waals surface area (Å²) in [5.41, 5.74) is 2.07. The summed E-state index contributed by atoms with van der Waals surface area (Å²) in [7, 11) is 0. The lowest BCUT2D eigenvalue weighted by atomic mass is 10.1. The first-order valence-electron chi connectivity index (χ1n) is 3.70. The van der Waals surface area contributed by atoms with E-state index in [9.17, 15) is 0 Å². The zero-order valence-corrected chi connectivity index (χ0v) is 6.62. The monoisotopic (exact) mass is 148 g/mol. The lowest BCUT2D eigenvalue weighted by Gasteiger charge is -1.99. The van der Waals surface area contributed by atoms with Gasteiger partial charge in [-0.3, -0.25) is 0 Å². The fraction of sp³-hybridized carbons (Fsp3) is 0.200. The van der Waals surface area contributed by atoms with Crippen molar-refractivity contribution in [1.82, 2.24) is 0 Å². The molecule has 1 nitrogen and oxygen atoms in total. The summed E-state index contributed by atoms with van der Waals surface area (Å²) in [6.07, 6.45) is 3.96. The summed E-state index contributed by atoms with van der Waals surface area (Å²) in [5.74, 6) is 0. The molecule has 0 saturated heterocycles. The van der Waals surface area contributed by atoms with E-state index in [1.807, 2.05) is 43.3 Å². The molecule has 1 rings (SSSR count). The number of hydrogen-bond acceptors (Lipinski definition) is 1. The molecule has 0 aliphatic heterocycles. The molecule has 0 bridgehead atoms. The molecule has 0 aliphatic carbocycles. The predicted molar refractivity (Wildman–Crippen MR) is 47.1 cm³/mol. The van der Waals surface area contributed by atoms with Crippen molar-refractivity contribution in [3.8, 4) is 0 Å². The Balaban J connectivity index is 3.02. The van der Waals surface area contributed by atoms with Crippen molar-refractivity contribution in [3.05, 3.63) is 41.5 Å². The van der Waals surface area contributed by atoms with Gasteiger partial charge in [-0.15, -0.1) is 0 Å². The van der Waals surface area contributed by atoms with Gasteiger partial charge in [-0.25, -0.2) is 0 Å². The third-order valence-electron chi connectivity index (χ3n) is 1.57. The summed E-state index contributed by atoms with van der Waals surface area (Å²) in [4.78, 5) is 0. The topological polar surface area (TPSA) is 20.2 Å². The van der Waals surface area contributed by atoms with E-state index in [0.717, 1.165) is 11.1 Å². The van der Waals surface area contributed by atoms with E-state index < -0.39 is 0 Å². The van der Waals surface area contributed by atoms with E-state index in [1.54, 1.807) is 0 Å². The quantitative estimate of drug-likeness (QED) is 0.681. The number of benzene rings is 1. The minimum absolute atomic E-state index is 0.112. The Labute approximate surface area is 67.0 Å². The summed E-state index contributed by atoms with van der Waals surface area (Å²) < 4.78 is 0. The summed E-state index contributed by atoms with van der Waals surface area (Å²) in [5, 5.41) is 8.91. The Hall–Kier alpha value is -1.08. The summed E-state index contributed by atoms with van der Waals surface area (Å²) >= 11 is 0. The number of aliphatic hydroxyl groups is 1. The molecule has 11 heavy (non-hydrogen) atoms. The van der Waals surface area contributed by atoms with E-state index in [2.05, 4.69) is 0 Å². The van der Waals surface area contributed by atoms with Gasteiger partial charge in [0.2, 0.25) is 0 Å². The first-order valence-corrected chi connectivity index (χ1v) is 3.70. The smallest absolute Gasteiger partial charge is 0.0687 e. The van der Waals surface area contributed by atoms with Crippen molar-refractivity contribution < 1.29 is 5.11 Å². The maximum absolute atomic E-state index is 8.91. The molecule has 0 saturated carbocycles. The number of aliphatic hydroxyl groups excluding tert-OH is 1. The minimum Gasteiger partial charge on any atom is -0.392 e. The fourth-order valence-electron chi connectivity index (χ4n) is 1.02. The second kappa shape index (κ2) is 3.94. The highest BCUT2D eigenvalue weighted by molar-refractivity contribution is 5.53. The molecule has 0 aromatic heterocycles. The summed E-state index contributed by atoms with van der Waals surface area (Å²) in [6.45, 7) is 2.08. The molecule has 0 spiro atoms. The van der Waals surface area contributed by atoms with Crippen LogP contribution in [0.15, 0.2) is 30.3 Å². The molecule has 0 fully saturated rings. The zero-order valence-electron chi connectivity index (χ0n) is 6.62. The number of allylic oxidation sites excluding steroid dienone is 1. The van der Waals surface area contributed by atoms with Crippen LogP contribution < -0.4 is 0 Å². The first-order chi connectivity index (χ1) is 5.38. The maximum atomic E-state index is 8.91. The average molecular weight is 148 g/mol. The molecule has 0 atom stereocenters. The SMILES string of the molecule is C/C=C/c1ccccc1CO. The molecular weight excluding hydrogens is 136 g/mol. The van der Waals surface area contributed by atoms with Crippen LogP contribution in [0.1, 0.15) is 18.1 Å². The molecule has 1 aromatic rings. The lowest BCUT2D eigenvalue weighted by molar-refractivity contribution is 0.281. The van der Waals surface area contributed by atoms with E-state index in [4.69, 9.17) is 5.11 Å². The first kappa shape index (κ1) is 8.02. The molecule has 0 aliphatic rings. The van der Waals surface area contributed by atoms with Crippen molar-refractivity contribution in [2.24, 2.45) is 0 Å². The van der Waals surface area contributed by atoms with Crippen LogP contribution in [0.3, 0.4) is 0 Å². The van der Waals surface area contributed by atoms with Gasteiger partial charge in [0.25, 0.3) is 0 Å². The Morgan fingerprint density at radius 1 is 1.36 bits per heavy atom. The van der Waals surface area contributed by atoms with Gasteiger partial charge in [-0.1, -0.05) is 36.4 Å². The highest BCUT2D eigenvalue weighted by Crippen LogP contribution is 2.09. The molecule has 58 valence electrons. The van der Waals surface area contributed by atoms with Gasteiger partial charge < -0.3 is 5.11 Å². The van der Waals surface area contributed by atoms with Crippen molar-refractivity contribution in [2.75, 3.05) is 0 Å². The number of hydrogen-bond donors (Lipinski definition) is 1. The molecule has 1 aromatic carbocycles. The van der Waals surface area contributed by atoms with E-state index in [0.29, 0.717) is 0 Å². The van der Waals surface area contributed by atoms with Crippen LogP contribution in [0.2, 0.25) is 0 Å². The largest absolute Gasteiger partial charge is 0.392 e. The second-order valence-electron chi connectivity index (χ2n) is 2.36. The average Bonchev–Trinajstić information content (AvgIpc) is 2.06. The molecule has 0 radical (unpaired) electrons. The highest BCUT2D eigenvalue weighted by Gasteiger charge is 1.93. The molecule has 1 heteroatoms. The van der Waals surface area contributed by atoms with Crippen LogP contribution >= 0.6 is 0 Å². The van der Waals surface area contributed by atoms with Gasteiger partial charge in [0.05, 0.1) is 6.61 Å².